The Morgan fingerprint density at radius 1 is 1.32 bits per heavy atom. The molecule has 0 aromatic rings. The van der Waals surface area contributed by atoms with Crippen LogP contribution in [0.2, 0.25) is 0 Å². The lowest BCUT2D eigenvalue weighted by Crippen LogP contribution is -2.49. The summed E-state index contributed by atoms with van der Waals surface area (Å²) < 4.78 is 5.17. The van der Waals surface area contributed by atoms with Crippen LogP contribution >= 0.6 is 0 Å². The van der Waals surface area contributed by atoms with Crippen molar-refractivity contribution in [3.05, 3.63) is 0 Å². The molecule has 0 fully saturated rings. The third-order valence-corrected chi connectivity index (χ3v) is 2.85. The van der Waals surface area contributed by atoms with Gasteiger partial charge in [-0.2, -0.15) is 0 Å². The third-order valence-electron chi connectivity index (χ3n) is 2.85. The fourth-order valence-corrected chi connectivity index (χ4v) is 1.74. The molecule has 3 atom stereocenters. The van der Waals surface area contributed by atoms with Crippen LogP contribution in [0.25, 0.3) is 0 Å². The second-order valence-electron chi connectivity index (χ2n) is 6.03. The molecular weight excluding hydrogens is 246 g/mol. The summed E-state index contributed by atoms with van der Waals surface area (Å²) >= 11 is 0. The van der Waals surface area contributed by atoms with E-state index in [0.717, 1.165) is 6.42 Å². The number of aliphatic hydroxyl groups is 1. The topological polar surface area (TPSA) is 75.6 Å². The van der Waals surface area contributed by atoms with Crippen LogP contribution in [-0.4, -0.2) is 34.7 Å². The molecule has 0 aromatic heterocycles. The van der Waals surface area contributed by atoms with Gasteiger partial charge in [0, 0.05) is 6.42 Å². The summed E-state index contributed by atoms with van der Waals surface area (Å²) in [4.78, 5) is 22.8. The minimum absolute atomic E-state index is 0.0325. The third kappa shape index (κ3) is 7.82. The van der Waals surface area contributed by atoms with Crippen LogP contribution in [0.1, 0.15) is 54.4 Å². The number of aliphatic hydroxyl groups excluding tert-OH is 1. The van der Waals surface area contributed by atoms with Crippen LogP contribution in [-0.2, 0) is 9.53 Å². The maximum atomic E-state index is 11.8. The summed E-state index contributed by atoms with van der Waals surface area (Å²) in [5.41, 5.74) is -0.588. The Morgan fingerprint density at radius 3 is 2.21 bits per heavy atom. The number of rotatable bonds is 6. The lowest BCUT2D eigenvalue weighted by Gasteiger charge is -2.30. The molecular formula is C14H27NO4. The molecule has 0 unspecified atom stereocenters. The Balaban J connectivity index is 4.68. The van der Waals surface area contributed by atoms with Gasteiger partial charge in [0.25, 0.3) is 0 Å². The van der Waals surface area contributed by atoms with Crippen LogP contribution in [0, 0.1) is 5.92 Å². The van der Waals surface area contributed by atoms with Gasteiger partial charge >= 0.3 is 6.09 Å². The van der Waals surface area contributed by atoms with Crippen LogP contribution in [0.4, 0.5) is 4.79 Å². The van der Waals surface area contributed by atoms with E-state index in [-0.39, 0.29) is 18.1 Å². The van der Waals surface area contributed by atoms with E-state index in [1.807, 2.05) is 13.8 Å². The average molecular weight is 273 g/mol. The number of amides is 1. The second-order valence-corrected chi connectivity index (χ2v) is 6.03. The number of hydrogen-bond donors (Lipinski definition) is 2. The maximum Gasteiger partial charge on any atom is 0.407 e. The Labute approximate surface area is 115 Å². The summed E-state index contributed by atoms with van der Waals surface area (Å²) in [6.45, 7) is 10.6. The number of carbonyl (C=O) groups is 2. The first-order valence-electron chi connectivity index (χ1n) is 6.73. The maximum absolute atomic E-state index is 11.8. The van der Waals surface area contributed by atoms with Gasteiger partial charge < -0.3 is 15.2 Å². The zero-order valence-corrected chi connectivity index (χ0v) is 12.8. The van der Waals surface area contributed by atoms with Crippen LogP contribution < -0.4 is 5.32 Å². The van der Waals surface area contributed by atoms with Gasteiger partial charge in [0.15, 0.2) is 0 Å². The number of ether oxygens (including phenoxy) is 1. The van der Waals surface area contributed by atoms with Crippen LogP contribution in [0.5, 0.6) is 0 Å². The fourth-order valence-electron chi connectivity index (χ4n) is 1.74. The Bertz CT molecular complexity index is 309. The average Bonchev–Trinajstić information content (AvgIpc) is 2.21. The van der Waals surface area contributed by atoms with Crippen molar-refractivity contribution in [3.63, 3.8) is 0 Å². The van der Waals surface area contributed by atoms with E-state index in [4.69, 9.17) is 4.74 Å². The Morgan fingerprint density at radius 2 is 1.84 bits per heavy atom. The summed E-state index contributed by atoms with van der Waals surface area (Å²) in [6.07, 6.45) is -0.638. The summed E-state index contributed by atoms with van der Waals surface area (Å²) in [6, 6.07) is -0.483. The molecule has 5 heteroatoms. The van der Waals surface area contributed by atoms with Crippen molar-refractivity contribution < 1.29 is 19.4 Å². The zero-order chi connectivity index (χ0) is 15.2. The van der Waals surface area contributed by atoms with Crippen molar-refractivity contribution in [1.29, 1.82) is 0 Å². The highest BCUT2D eigenvalue weighted by Crippen LogP contribution is 2.15. The minimum Gasteiger partial charge on any atom is -0.444 e. The lowest BCUT2D eigenvalue weighted by molar-refractivity contribution is -0.119. The largest absolute Gasteiger partial charge is 0.444 e. The van der Waals surface area contributed by atoms with Gasteiger partial charge in [0.2, 0.25) is 0 Å². The predicted molar refractivity (Wildman–Crippen MR) is 73.9 cm³/mol. The van der Waals surface area contributed by atoms with Gasteiger partial charge in [-0.05, 0) is 33.6 Å². The van der Waals surface area contributed by atoms with E-state index in [9.17, 15) is 14.7 Å². The van der Waals surface area contributed by atoms with Gasteiger partial charge in [-0.1, -0.05) is 20.3 Å². The smallest absolute Gasteiger partial charge is 0.407 e. The Hall–Kier alpha value is -1.10. The number of hydrogen-bond acceptors (Lipinski definition) is 4. The SMILES string of the molecule is CC[C@H](C)[C@@H](NC(=O)OC(C)(C)C)[C@@H](O)CC(C)=O. The normalized spacial score (nSPS) is 16.4. The first-order valence-corrected chi connectivity index (χ1v) is 6.73. The van der Waals surface area contributed by atoms with Gasteiger partial charge in [-0.15, -0.1) is 0 Å². The van der Waals surface area contributed by atoms with Crippen molar-refractivity contribution in [2.45, 2.75) is 72.1 Å². The van der Waals surface area contributed by atoms with Crippen molar-refractivity contribution in [2.75, 3.05) is 0 Å². The summed E-state index contributed by atoms with van der Waals surface area (Å²) in [7, 11) is 0. The quantitative estimate of drug-likeness (QED) is 0.778. The number of nitrogens with one attached hydrogen (secondary N) is 1. The molecule has 0 aliphatic carbocycles. The molecule has 19 heavy (non-hydrogen) atoms. The molecule has 0 bridgehead atoms. The molecule has 0 aromatic carbocycles. The molecule has 0 saturated carbocycles. The summed E-state index contributed by atoms with van der Waals surface area (Å²) in [5.74, 6) is -0.0475. The van der Waals surface area contributed by atoms with Crippen LogP contribution in [0.3, 0.4) is 0 Å². The van der Waals surface area contributed by atoms with Crippen molar-refractivity contribution in [2.24, 2.45) is 5.92 Å². The molecule has 0 heterocycles. The van der Waals surface area contributed by atoms with E-state index in [1.54, 1.807) is 20.8 Å². The lowest BCUT2D eigenvalue weighted by atomic mass is 9.92. The van der Waals surface area contributed by atoms with Crippen molar-refractivity contribution >= 4 is 11.9 Å². The molecule has 112 valence electrons. The molecule has 0 radical (unpaired) electrons. The highest BCUT2D eigenvalue weighted by molar-refractivity contribution is 5.76. The molecule has 0 aliphatic rings. The van der Waals surface area contributed by atoms with E-state index in [0.29, 0.717) is 0 Å². The first-order chi connectivity index (χ1) is 8.56. The summed E-state index contributed by atoms with van der Waals surface area (Å²) in [5, 5.41) is 12.7. The molecule has 0 rings (SSSR count). The monoisotopic (exact) mass is 273 g/mol. The van der Waals surface area contributed by atoms with E-state index in [2.05, 4.69) is 5.32 Å². The molecule has 0 spiro atoms. The van der Waals surface area contributed by atoms with E-state index >= 15 is 0 Å². The molecule has 2 N–H and O–H groups in total. The molecule has 0 saturated heterocycles. The van der Waals surface area contributed by atoms with Gasteiger partial charge in [-0.25, -0.2) is 4.79 Å². The van der Waals surface area contributed by atoms with Crippen LogP contribution in [0.15, 0.2) is 0 Å². The highest BCUT2D eigenvalue weighted by Gasteiger charge is 2.28. The van der Waals surface area contributed by atoms with E-state index < -0.39 is 23.8 Å². The number of carbonyl (C=O) groups excluding carboxylic acids is 2. The van der Waals surface area contributed by atoms with Crippen molar-refractivity contribution in [3.8, 4) is 0 Å². The second kappa shape index (κ2) is 7.48. The van der Waals surface area contributed by atoms with Gasteiger partial charge in [0.05, 0.1) is 12.1 Å². The Kier molecular flexibility index (Phi) is 7.05. The number of Topliss-reactive ketones (excluding diaryl/α,β-unsaturated/α-hetero) is 1. The molecule has 0 aliphatic heterocycles. The number of ketones is 1. The van der Waals surface area contributed by atoms with Crippen molar-refractivity contribution in [1.82, 2.24) is 5.32 Å². The van der Waals surface area contributed by atoms with Gasteiger partial charge in [-0.3, -0.25) is 4.79 Å². The highest BCUT2D eigenvalue weighted by atomic mass is 16.6. The predicted octanol–water partition coefficient (Wildman–Crippen LogP) is 2.27. The standard InChI is InChI=1S/C14H27NO4/c1-7-9(2)12(11(17)8-10(3)16)15-13(18)19-14(4,5)6/h9,11-12,17H,7-8H2,1-6H3,(H,15,18)/t9-,11-,12+/m0/s1. The molecule has 1 amide bonds. The zero-order valence-electron chi connectivity index (χ0n) is 12.8. The fraction of sp³-hybridized carbons (Fsp3) is 0.857. The van der Waals surface area contributed by atoms with Gasteiger partial charge in [0.1, 0.15) is 11.4 Å². The number of alkyl carbamates (subject to hydrolysis) is 1. The molecule has 5 nitrogen and oxygen atoms in total. The minimum atomic E-state index is -0.889. The first kappa shape index (κ1) is 17.9. The van der Waals surface area contributed by atoms with E-state index in [1.165, 1.54) is 6.92 Å².